The summed E-state index contributed by atoms with van der Waals surface area (Å²) in [5, 5.41) is 2.91. The number of ether oxygens (including phenoxy) is 2. The number of cyclic esters (lactones) is 1. The van der Waals surface area contributed by atoms with E-state index < -0.39 is 12.2 Å². The molecule has 1 fully saturated rings. The second-order valence-corrected chi connectivity index (χ2v) is 6.06. The van der Waals surface area contributed by atoms with Crippen LogP contribution in [0, 0.1) is 0 Å². The van der Waals surface area contributed by atoms with Crippen molar-refractivity contribution < 1.29 is 14.3 Å². The number of carbonyl (C=O) groups excluding carboxylic acids is 1. The third-order valence-electron chi connectivity index (χ3n) is 4.45. The number of aromatic nitrogens is 1. The van der Waals surface area contributed by atoms with Crippen LogP contribution >= 0.6 is 0 Å². The summed E-state index contributed by atoms with van der Waals surface area (Å²) >= 11 is 0. The molecule has 2 atom stereocenters. The SMILES string of the molecule is COc1cccc([C@@H]2OC(=O)N[C@H]2c2ccnc(-c3ccccc3)c2)c1. The first-order valence-corrected chi connectivity index (χ1v) is 8.37. The zero-order valence-electron chi connectivity index (χ0n) is 14.3. The number of nitrogens with zero attached hydrogens (tertiary/aromatic N) is 1. The standard InChI is InChI=1S/C21H18N2O3/c1-25-17-9-5-8-16(12-17)20-19(23-21(24)26-20)15-10-11-22-18(13-15)14-6-3-2-4-7-14/h2-13,19-20H,1H3,(H,23,24)/t19-,20-/m0/s1. The van der Waals surface area contributed by atoms with Crippen molar-refractivity contribution >= 4 is 6.09 Å². The molecule has 4 rings (SSSR count). The van der Waals surface area contributed by atoms with Crippen LogP contribution in [0.4, 0.5) is 4.79 Å². The van der Waals surface area contributed by atoms with Gasteiger partial charge >= 0.3 is 6.09 Å². The molecule has 2 heterocycles. The lowest BCUT2D eigenvalue weighted by Crippen LogP contribution is -2.19. The Labute approximate surface area is 151 Å². The minimum absolute atomic E-state index is 0.292. The zero-order chi connectivity index (χ0) is 17.9. The van der Waals surface area contributed by atoms with E-state index in [4.69, 9.17) is 9.47 Å². The average molecular weight is 346 g/mol. The fourth-order valence-corrected chi connectivity index (χ4v) is 3.16. The molecule has 3 aromatic rings. The van der Waals surface area contributed by atoms with E-state index in [0.717, 1.165) is 28.1 Å². The Morgan fingerprint density at radius 1 is 1.00 bits per heavy atom. The molecule has 1 saturated heterocycles. The Hall–Kier alpha value is -3.34. The summed E-state index contributed by atoms with van der Waals surface area (Å²) in [5.41, 5.74) is 3.70. The van der Waals surface area contributed by atoms with Gasteiger partial charge in [0.15, 0.2) is 6.10 Å². The monoisotopic (exact) mass is 346 g/mol. The Kier molecular flexibility index (Phi) is 4.27. The molecular weight excluding hydrogens is 328 g/mol. The summed E-state index contributed by atoms with van der Waals surface area (Å²) in [7, 11) is 1.62. The van der Waals surface area contributed by atoms with Crippen molar-refractivity contribution in [1.82, 2.24) is 10.3 Å². The van der Waals surface area contributed by atoms with E-state index in [1.54, 1.807) is 13.3 Å². The minimum Gasteiger partial charge on any atom is -0.497 e. The molecule has 5 nitrogen and oxygen atoms in total. The molecule has 1 aromatic heterocycles. The Bertz CT molecular complexity index is 927. The first kappa shape index (κ1) is 16.1. The summed E-state index contributed by atoms with van der Waals surface area (Å²) in [4.78, 5) is 16.4. The average Bonchev–Trinajstić information content (AvgIpc) is 3.11. The van der Waals surface area contributed by atoms with Gasteiger partial charge in [-0.25, -0.2) is 4.79 Å². The Balaban J connectivity index is 1.70. The van der Waals surface area contributed by atoms with Crippen LogP contribution in [-0.2, 0) is 4.74 Å². The first-order valence-electron chi connectivity index (χ1n) is 8.37. The minimum atomic E-state index is -0.430. The number of methoxy groups -OCH3 is 1. The van der Waals surface area contributed by atoms with Crippen molar-refractivity contribution in [2.24, 2.45) is 0 Å². The third kappa shape index (κ3) is 3.11. The molecule has 1 N–H and O–H groups in total. The lowest BCUT2D eigenvalue weighted by molar-refractivity contribution is 0.132. The van der Waals surface area contributed by atoms with Crippen molar-refractivity contribution in [2.75, 3.05) is 7.11 Å². The summed E-state index contributed by atoms with van der Waals surface area (Å²) in [5.74, 6) is 0.726. The third-order valence-corrected chi connectivity index (χ3v) is 4.45. The van der Waals surface area contributed by atoms with Crippen LogP contribution in [0.2, 0.25) is 0 Å². The molecule has 2 aromatic carbocycles. The van der Waals surface area contributed by atoms with E-state index in [-0.39, 0.29) is 6.04 Å². The maximum Gasteiger partial charge on any atom is 0.408 e. The second kappa shape index (κ2) is 6.88. The lowest BCUT2D eigenvalue weighted by atomic mass is 9.96. The topological polar surface area (TPSA) is 60.5 Å². The second-order valence-electron chi connectivity index (χ2n) is 6.06. The highest BCUT2D eigenvalue weighted by Gasteiger charge is 2.36. The predicted molar refractivity (Wildman–Crippen MR) is 97.8 cm³/mol. The van der Waals surface area contributed by atoms with Crippen molar-refractivity contribution in [3.05, 3.63) is 84.1 Å². The van der Waals surface area contributed by atoms with Crippen molar-refractivity contribution in [2.45, 2.75) is 12.1 Å². The number of alkyl carbamates (subject to hydrolysis) is 1. The highest BCUT2D eigenvalue weighted by Crippen LogP contribution is 2.38. The number of benzene rings is 2. The number of nitrogens with one attached hydrogen (secondary N) is 1. The highest BCUT2D eigenvalue weighted by atomic mass is 16.6. The largest absolute Gasteiger partial charge is 0.497 e. The highest BCUT2D eigenvalue weighted by molar-refractivity contribution is 5.71. The van der Waals surface area contributed by atoms with Crippen molar-refractivity contribution in [3.8, 4) is 17.0 Å². The molecule has 0 bridgehead atoms. The number of pyridine rings is 1. The van der Waals surface area contributed by atoms with Gasteiger partial charge in [0.05, 0.1) is 18.8 Å². The summed E-state index contributed by atoms with van der Waals surface area (Å²) in [6.45, 7) is 0. The van der Waals surface area contributed by atoms with Gasteiger partial charge in [0.2, 0.25) is 0 Å². The van der Waals surface area contributed by atoms with E-state index >= 15 is 0 Å². The molecule has 1 aliphatic heterocycles. The van der Waals surface area contributed by atoms with Crippen LogP contribution in [0.1, 0.15) is 23.3 Å². The van der Waals surface area contributed by atoms with Gasteiger partial charge in [-0.1, -0.05) is 42.5 Å². The van der Waals surface area contributed by atoms with Crippen LogP contribution in [0.3, 0.4) is 0 Å². The number of hydrogen-bond acceptors (Lipinski definition) is 4. The Morgan fingerprint density at radius 2 is 1.85 bits per heavy atom. The Morgan fingerprint density at radius 3 is 2.65 bits per heavy atom. The molecule has 0 aliphatic carbocycles. The maximum absolute atomic E-state index is 11.9. The molecule has 130 valence electrons. The fourth-order valence-electron chi connectivity index (χ4n) is 3.16. The van der Waals surface area contributed by atoms with Crippen LogP contribution in [0.5, 0.6) is 5.75 Å². The van der Waals surface area contributed by atoms with Gasteiger partial charge in [0.1, 0.15) is 5.75 Å². The molecule has 0 radical (unpaired) electrons. The van der Waals surface area contributed by atoms with E-state index in [2.05, 4.69) is 10.3 Å². The van der Waals surface area contributed by atoms with Gasteiger partial charge in [0, 0.05) is 11.8 Å². The van der Waals surface area contributed by atoms with Gasteiger partial charge < -0.3 is 14.8 Å². The lowest BCUT2D eigenvalue weighted by Gasteiger charge is -2.18. The van der Waals surface area contributed by atoms with Crippen LogP contribution in [-0.4, -0.2) is 18.2 Å². The molecule has 0 unspecified atom stereocenters. The van der Waals surface area contributed by atoms with E-state index in [1.165, 1.54) is 0 Å². The molecule has 0 spiro atoms. The predicted octanol–water partition coefficient (Wildman–Crippen LogP) is 4.28. The van der Waals surface area contributed by atoms with Gasteiger partial charge in [0.25, 0.3) is 0 Å². The molecule has 1 amide bonds. The zero-order valence-corrected chi connectivity index (χ0v) is 14.3. The van der Waals surface area contributed by atoms with Crippen LogP contribution in [0.15, 0.2) is 72.9 Å². The summed E-state index contributed by atoms with van der Waals surface area (Å²) in [6, 6.07) is 21.1. The quantitative estimate of drug-likeness (QED) is 0.766. The fraction of sp³-hybridized carbons (Fsp3) is 0.143. The smallest absolute Gasteiger partial charge is 0.408 e. The number of rotatable bonds is 4. The van der Waals surface area contributed by atoms with Crippen molar-refractivity contribution in [3.63, 3.8) is 0 Å². The van der Waals surface area contributed by atoms with E-state index in [0.29, 0.717) is 0 Å². The summed E-state index contributed by atoms with van der Waals surface area (Å²) < 4.78 is 10.8. The van der Waals surface area contributed by atoms with E-state index in [1.807, 2.05) is 66.7 Å². The van der Waals surface area contributed by atoms with Gasteiger partial charge in [-0.2, -0.15) is 0 Å². The van der Waals surface area contributed by atoms with Gasteiger partial charge in [-0.05, 0) is 35.4 Å². The molecule has 1 aliphatic rings. The van der Waals surface area contributed by atoms with Gasteiger partial charge in [-0.15, -0.1) is 0 Å². The molecule has 0 saturated carbocycles. The number of amides is 1. The first-order chi connectivity index (χ1) is 12.7. The summed E-state index contributed by atoms with van der Waals surface area (Å²) in [6.07, 6.45) is 0.898. The molecule has 5 heteroatoms. The van der Waals surface area contributed by atoms with Crippen LogP contribution < -0.4 is 10.1 Å². The van der Waals surface area contributed by atoms with Gasteiger partial charge in [-0.3, -0.25) is 4.98 Å². The molecule has 26 heavy (non-hydrogen) atoms. The normalized spacial score (nSPS) is 18.9. The van der Waals surface area contributed by atoms with Crippen LogP contribution in [0.25, 0.3) is 11.3 Å². The van der Waals surface area contributed by atoms with E-state index in [9.17, 15) is 4.79 Å². The number of hydrogen-bond donors (Lipinski definition) is 1. The molecular formula is C21H18N2O3. The number of carbonyl (C=O) groups is 1. The maximum atomic E-state index is 11.9. The van der Waals surface area contributed by atoms with Crippen molar-refractivity contribution in [1.29, 1.82) is 0 Å².